The number of piperidine rings is 1. The Kier molecular flexibility index (Phi) is 7.84. The van der Waals surface area contributed by atoms with Crippen LogP contribution in [0.15, 0.2) is 48.7 Å². The standard InChI is InChI=1S/C41H46N2O8/c1-20(2)50-40(46)27-16-25-13-24(23-14-33(47-6)38(49-8)34(15-23)48-7)19-43(25)36(22(27)4)21(3)26-18-32(45)37-35-28(26)17-30-29-9-10-31(44)39(51-37)41(29,35)11-12-42(30)5/h9-10,13-16,18-21,29-31,39,44-45H,11-12,17H2,1-8H3/t21?,29-,30+,31-,39-,41-/m0/s1. The number of methoxy groups -OCH3 is 3. The van der Waals surface area contributed by atoms with Gasteiger partial charge in [0.2, 0.25) is 5.75 Å². The third kappa shape index (κ3) is 4.72. The van der Waals surface area contributed by atoms with Crippen LogP contribution in [0.4, 0.5) is 0 Å². The van der Waals surface area contributed by atoms with E-state index >= 15 is 0 Å². The number of rotatable bonds is 8. The molecule has 2 N–H and O–H groups in total. The van der Waals surface area contributed by atoms with Gasteiger partial charge in [0.05, 0.1) is 33.0 Å². The summed E-state index contributed by atoms with van der Waals surface area (Å²) >= 11 is 0. The van der Waals surface area contributed by atoms with Crippen LogP contribution in [-0.4, -0.2) is 84.8 Å². The number of likely N-dealkylation sites (tertiary alicyclic amines) is 1. The molecule has 6 atom stereocenters. The number of phenols is 1. The molecule has 2 aliphatic heterocycles. The Balaban J connectivity index is 1.35. The molecule has 10 heteroatoms. The van der Waals surface area contributed by atoms with E-state index in [4.69, 9.17) is 23.7 Å². The van der Waals surface area contributed by atoms with Gasteiger partial charge in [0.1, 0.15) is 12.2 Å². The molecular formula is C41H46N2O8. The lowest BCUT2D eigenvalue weighted by Crippen LogP contribution is -2.64. The molecular weight excluding hydrogens is 648 g/mol. The number of esters is 1. The molecule has 2 bridgehead atoms. The Morgan fingerprint density at radius 2 is 1.73 bits per heavy atom. The molecule has 4 aromatic rings. The van der Waals surface area contributed by atoms with Gasteiger partial charge in [-0.25, -0.2) is 4.79 Å². The number of phenolic OH excluding ortho intramolecular Hbond substituents is 1. The summed E-state index contributed by atoms with van der Waals surface area (Å²) in [6.07, 6.45) is 6.22. The van der Waals surface area contributed by atoms with Crippen molar-refractivity contribution in [3.05, 3.63) is 82.2 Å². The van der Waals surface area contributed by atoms with Gasteiger partial charge < -0.3 is 43.2 Å². The average molecular weight is 695 g/mol. The zero-order valence-electron chi connectivity index (χ0n) is 30.4. The second-order valence-corrected chi connectivity index (χ2v) is 14.8. The summed E-state index contributed by atoms with van der Waals surface area (Å²) in [5.74, 6) is 1.69. The van der Waals surface area contributed by atoms with E-state index in [1.165, 1.54) is 0 Å². The van der Waals surface area contributed by atoms with Crippen molar-refractivity contribution in [2.24, 2.45) is 5.92 Å². The van der Waals surface area contributed by atoms with Crippen molar-refractivity contribution in [2.45, 2.75) is 76.2 Å². The smallest absolute Gasteiger partial charge is 0.338 e. The summed E-state index contributed by atoms with van der Waals surface area (Å²) in [5.41, 5.74) is 7.53. The Labute approximate surface area is 298 Å². The predicted molar refractivity (Wildman–Crippen MR) is 193 cm³/mol. The molecule has 4 heterocycles. The second-order valence-electron chi connectivity index (χ2n) is 14.8. The van der Waals surface area contributed by atoms with Crippen LogP contribution in [0, 0.1) is 12.8 Å². The second kappa shape index (κ2) is 12.0. The fourth-order valence-electron chi connectivity index (χ4n) is 9.69. The molecule has 8 rings (SSSR count). The van der Waals surface area contributed by atoms with E-state index in [2.05, 4.69) is 35.5 Å². The molecule has 1 spiro atoms. The van der Waals surface area contributed by atoms with Crippen molar-refractivity contribution in [1.82, 2.24) is 9.30 Å². The van der Waals surface area contributed by atoms with Gasteiger partial charge in [-0.15, -0.1) is 0 Å². The van der Waals surface area contributed by atoms with E-state index in [-0.39, 0.29) is 35.7 Å². The highest BCUT2D eigenvalue weighted by Crippen LogP contribution is 2.63. The molecule has 2 aromatic heterocycles. The van der Waals surface area contributed by atoms with Crippen LogP contribution < -0.4 is 18.9 Å². The first-order valence-corrected chi connectivity index (χ1v) is 17.7. The normalized spacial score (nSPS) is 25.1. The number of fused-ring (bicyclic) bond motifs is 1. The lowest BCUT2D eigenvalue weighted by atomic mass is 9.52. The van der Waals surface area contributed by atoms with Crippen LogP contribution in [0.25, 0.3) is 16.6 Å². The quantitative estimate of drug-likeness (QED) is 0.165. The van der Waals surface area contributed by atoms with Crippen LogP contribution >= 0.6 is 0 Å². The predicted octanol–water partition coefficient (Wildman–Crippen LogP) is 6.17. The molecule has 0 saturated carbocycles. The fraction of sp³-hybridized carbons (Fsp3) is 0.439. The first kappa shape index (κ1) is 33.5. The lowest BCUT2D eigenvalue weighted by Gasteiger charge is -2.56. The first-order valence-electron chi connectivity index (χ1n) is 17.7. The third-order valence-electron chi connectivity index (χ3n) is 11.9. The number of aliphatic hydroxyl groups is 1. The number of benzene rings is 2. The van der Waals surface area contributed by atoms with Crippen molar-refractivity contribution in [1.29, 1.82) is 0 Å². The minimum Gasteiger partial charge on any atom is -0.504 e. The Morgan fingerprint density at radius 1 is 1.00 bits per heavy atom. The van der Waals surface area contributed by atoms with Gasteiger partial charge in [0.25, 0.3) is 0 Å². The van der Waals surface area contributed by atoms with Crippen LogP contribution in [0.3, 0.4) is 0 Å². The number of ether oxygens (including phenoxy) is 5. The van der Waals surface area contributed by atoms with Crippen molar-refractivity contribution in [3.8, 4) is 39.9 Å². The van der Waals surface area contributed by atoms with Gasteiger partial charge in [-0.2, -0.15) is 0 Å². The molecule has 2 aliphatic carbocycles. The molecule has 51 heavy (non-hydrogen) atoms. The molecule has 1 unspecified atom stereocenters. The number of likely N-dealkylation sites (N-methyl/N-ethyl adjacent to an activating group) is 1. The maximum absolute atomic E-state index is 13.7. The highest BCUT2D eigenvalue weighted by atomic mass is 16.5. The number of carbonyl (C=O) groups is 1. The van der Waals surface area contributed by atoms with Gasteiger partial charge in [-0.1, -0.05) is 19.1 Å². The van der Waals surface area contributed by atoms with Crippen LogP contribution in [0.5, 0.6) is 28.7 Å². The summed E-state index contributed by atoms with van der Waals surface area (Å²) in [7, 11) is 6.95. The van der Waals surface area contributed by atoms with Crippen molar-refractivity contribution in [3.63, 3.8) is 0 Å². The molecule has 2 aromatic carbocycles. The largest absolute Gasteiger partial charge is 0.504 e. The number of aromatic hydroxyl groups is 1. The van der Waals surface area contributed by atoms with E-state index in [1.807, 2.05) is 57.2 Å². The topological polar surface area (TPSA) is 111 Å². The van der Waals surface area contributed by atoms with E-state index in [0.717, 1.165) is 64.0 Å². The number of hydrogen-bond acceptors (Lipinski definition) is 9. The summed E-state index contributed by atoms with van der Waals surface area (Å²) in [5, 5.41) is 22.9. The highest BCUT2D eigenvalue weighted by molar-refractivity contribution is 5.93. The molecule has 1 fully saturated rings. The zero-order chi connectivity index (χ0) is 36.1. The van der Waals surface area contributed by atoms with Crippen molar-refractivity contribution < 1.29 is 38.7 Å². The Hall–Kier alpha value is -4.67. The van der Waals surface area contributed by atoms with Crippen LogP contribution in [0.1, 0.15) is 71.4 Å². The third-order valence-corrected chi connectivity index (χ3v) is 11.9. The van der Waals surface area contributed by atoms with Gasteiger partial charge >= 0.3 is 5.97 Å². The summed E-state index contributed by atoms with van der Waals surface area (Å²) in [6, 6.07) is 9.82. The maximum atomic E-state index is 13.7. The SMILES string of the molecule is COc1cc(-c2cc3cc(C(=O)OC(C)C)c(C)c(C(C)c4cc(O)c5c6c4C[C@@H]4[C@@H]7C=C[C@H](O)[C@H](O5)[C@]67CCN4C)n3c2)cc(OC)c1OC. The number of aliphatic hydroxyl groups excluding tert-OH is 1. The molecule has 4 aliphatic rings. The lowest BCUT2D eigenvalue weighted by molar-refractivity contribution is -0.0454. The molecule has 0 amide bonds. The number of aromatic nitrogens is 1. The Bertz CT molecular complexity index is 2090. The van der Waals surface area contributed by atoms with Gasteiger partial charge in [0, 0.05) is 51.8 Å². The van der Waals surface area contributed by atoms with Gasteiger partial charge in [-0.05, 0) is 99.8 Å². The molecule has 1 saturated heterocycles. The summed E-state index contributed by atoms with van der Waals surface area (Å²) in [6.45, 7) is 8.69. The average Bonchev–Trinajstić information content (AvgIpc) is 3.69. The van der Waals surface area contributed by atoms with E-state index < -0.39 is 17.6 Å². The number of hydrogen-bond donors (Lipinski definition) is 2. The number of nitrogens with zero attached hydrogens (tertiary/aromatic N) is 2. The Morgan fingerprint density at radius 3 is 2.39 bits per heavy atom. The number of carbonyl (C=O) groups excluding carboxylic acids is 1. The minimum absolute atomic E-state index is 0.0811. The van der Waals surface area contributed by atoms with E-state index in [9.17, 15) is 15.0 Å². The van der Waals surface area contributed by atoms with Gasteiger partial charge in [0.15, 0.2) is 23.0 Å². The first-order chi connectivity index (χ1) is 24.4. The fourth-order valence-corrected chi connectivity index (χ4v) is 9.69. The molecule has 268 valence electrons. The molecule has 10 nitrogen and oxygen atoms in total. The zero-order valence-corrected chi connectivity index (χ0v) is 30.4. The summed E-state index contributed by atoms with van der Waals surface area (Å²) < 4.78 is 31.3. The highest BCUT2D eigenvalue weighted by Gasteiger charge is 2.64. The van der Waals surface area contributed by atoms with E-state index in [0.29, 0.717) is 28.6 Å². The number of pyridine rings is 1. The van der Waals surface area contributed by atoms with Crippen LogP contribution in [-0.2, 0) is 16.6 Å². The van der Waals surface area contributed by atoms with Crippen molar-refractivity contribution >= 4 is 11.5 Å². The monoisotopic (exact) mass is 694 g/mol. The van der Waals surface area contributed by atoms with Crippen molar-refractivity contribution in [2.75, 3.05) is 34.9 Å². The minimum atomic E-state index is -0.761. The summed E-state index contributed by atoms with van der Waals surface area (Å²) in [4.78, 5) is 16.1. The van der Waals surface area contributed by atoms with E-state index in [1.54, 1.807) is 21.3 Å². The molecule has 0 radical (unpaired) electrons. The van der Waals surface area contributed by atoms with Crippen LogP contribution in [0.2, 0.25) is 0 Å². The van der Waals surface area contributed by atoms with Gasteiger partial charge in [-0.3, -0.25) is 0 Å². The maximum Gasteiger partial charge on any atom is 0.338 e.